The van der Waals surface area contributed by atoms with Crippen LogP contribution in [-0.2, 0) is 14.3 Å². The number of ether oxygens (including phenoxy) is 3. The first-order chi connectivity index (χ1) is 14.6. The van der Waals surface area contributed by atoms with E-state index in [1.165, 1.54) is 12.4 Å². The normalized spacial score (nSPS) is 12.1. The smallest absolute Gasteiger partial charge is 0.322 e. The Morgan fingerprint density at radius 3 is 2.39 bits per heavy atom. The summed E-state index contributed by atoms with van der Waals surface area (Å²) in [7, 11) is 0. The summed E-state index contributed by atoms with van der Waals surface area (Å²) in [6.07, 6.45) is 3.43. The summed E-state index contributed by atoms with van der Waals surface area (Å²) in [5.74, 6) is 0.0913. The molecule has 0 bridgehead atoms. The van der Waals surface area contributed by atoms with Crippen LogP contribution in [0.2, 0.25) is 0 Å². The van der Waals surface area contributed by atoms with Crippen molar-refractivity contribution < 1.29 is 23.8 Å². The van der Waals surface area contributed by atoms with E-state index in [0.717, 1.165) is 11.3 Å². The van der Waals surface area contributed by atoms with Crippen LogP contribution in [0.15, 0.2) is 30.6 Å². The van der Waals surface area contributed by atoms with Gasteiger partial charge in [0, 0.05) is 12.0 Å². The maximum absolute atomic E-state index is 12.5. The monoisotopic (exact) mass is 429 g/mol. The molecule has 0 aliphatic heterocycles. The van der Waals surface area contributed by atoms with Crippen molar-refractivity contribution in [2.75, 3.05) is 11.9 Å². The van der Waals surface area contributed by atoms with Crippen LogP contribution in [0.3, 0.4) is 0 Å². The van der Waals surface area contributed by atoms with Crippen molar-refractivity contribution in [3.63, 3.8) is 0 Å². The Morgan fingerprint density at radius 1 is 1.13 bits per heavy atom. The van der Waals surface area contributed by atoms with Gasteiger partial charge >= 0.3 is 12.0 Å². The average Bonchev–Trinajstić information content (AvgIpc) is 2.69. The zero-order valence-corrected chi connectivity index (χ0v) is 19.0. The minimum atomic E-state index is -0.587. The molecule has 0 spiro atoms. The van der Waals surface area contributed by atoms with Gasteiger partial charge in [-0.25, -0.2) is 9.97 Å². The summed E-state index contributed by atoms with van der Waals surface area (Å²) in [6, 6.07) is 5.62. The lowest BCUT2D eigenvalue weighted by Crippen LogP contribution is -2.29. The molecular formula is C23H31N3O5. The number of carbonyl (C=O) groups excluding carboxylic acids is 2. The van der Waals surface area contributed by atoms with E-state index < -0.39 is 17.5 Å². The predicted octanol–water partition coefficient (Wildman–Crippen LogP) is 4.67. The summed E-state index contributed by atoms with van der Waals surface area (Å²) in [6.45, 7) is 11.7. The Hall–Kier alpha value is -3.16. The zero-order chi connectivity index (χ0) is 23.0. The summed E-state index contributed by atoms with van der Waals surface area (Å²) in [5.41, 5.74) is 0.833. The third kappa shape index (κ3) is 7.88. The van der Waals surface area contributed by atoms with Crippen molar-refractivity contribution in [1.29, 1.82) is 0 Å². The SMILES string of the molecule is CCOc1cc(Oc2ncc(NC(=O)[C@@H](CC)CC(=O)OC(C)(C)C)cn2)ccc1C. The molecule has 2 rings (SSSR count). The van der Waals surface area contributed by atoms with E-state index in [4.69, 9.17) is 14.2 Å². The van der Waals surface area contributed by atoms with Crippen LogP contribution in [0.25, 0.3) is 0 Å². The van der Waals surface area contributed by atoms with Gasteiger partial charge in [-0.2, -0.15) is 0 Å². The zero-order valence-electron chi connectivity index (χ0n) is 19.0. The molecule has 1 N–H and O–H groups in total. The second kappa shape index (κ2) is 10.7. The fraction of sp³-hybridized carbons (Fsp3) is 0.478. The van der Waals surface area contributed by atoms with Crippen LogP contribution < -0.4 is 14.8 Å². The molecule has 1 amide bonds. The van der Waals surface area contributed by atoms with Crippen molar-refractivity contribution in [2.24, 2.45) is 5.92 Å². The van der Waals surface area contributed by atoms with Gasteiger partial charge in [-0.15, -0.1) is 0 Å². The van der Waals surface area contributed by atoms with Gasteiger partial charge < -0.3 is 19.5 Å². The second-order valence-electron chi connectivity index (χ2n) is 8.10. The molecular weight excluding hydrogens is 398 g/mol. The molecule has 8 nitrogen and oxygen atoms in total. The highest BCUT2D eigenvalue weighted by Gasteiger charge is 2.24. The molecule has 0 aliphatic carbocycles. The minimum Gasteiger partial charge on any atom is -0.493 e. The van der Waals surface area contributed by atoms with Crippen molar-refractivity contribution >= 4 is 17.6 Å². The first-order valence-corrected chi connectivity index (χ1v) is 10.4. The molecule has 1 heterocycles. The first-order valence-electron chi connectivity index (χ1n) is 10.4. The van der Waals surface area contributed by atoms with E-state index >= 15 is 0 Å². The number of anilines is 1. The van der Waals surface area contributed by atoms with Gasteiger partial charge in [0.15, 0.2) is 0 Å². The Bertz CT molecular complexity index is 891. The van der Waals surface area contributed by atoms with Crippen LogP contribution in [0.5, 0.6) is 17.5 Å². The largest absolute Gasteiger partial charge is 0.493 e. The van der Waals surface area contributed by atoms with Crippen molar-refractivity contribution in [1.82, 2.24) is 9.97 Å². The van der Waals surface area contributed by atoms with Gasteiger partial charge in [0.2, 0.25) is 5.91 Å². The number of esters is 1. The molecule has 1 atom stereocenters. The highest BCUT2D eigenvalue weighted by Crippen LogP contribution is 2.27. The lowest BCUT2D eigenvalue weighted by Gasteiger charge is -2.21. The third-order valence-electron chi connectivity index (χ3n) is 4.26. The minimum absolute atomic E-state index is 0.0112. The van der Waals surface area contributed by atoms with Crippen LogP contribution in [0, 0.1) is 12.8 Å². The lowest BCUT2D eigenvalue weighted by atomic mass is 10.0. The molecule has 0 saturated carbocycles. The van der Waals surface area contributed by atoms with Crippen LogP contribution in [-0.4, -0.2) is 34.1 Å². The Balaban J connectivity index is 1.97. The number of hydrogen-bond acceptors (Lipinski definition) is 7. The van der Waals surface area contributed by atoms with Gasteiger partial charge in [0.25, 0.3) is 0 Å². The van der Waals surface area contributed by atoms with E-state index in [-0.39, 0.29) is 18.3 Å². The highest BCUT2D eigenvalue weighted by molar-refractivity contribution is 5.94. The lowest BCUT2D eigenvalue weighted by molar-refractivity contribution is -0.157. The quantitative estimate of drug-likeness (QED) is 0.578. The molecule has 0 aliphatic rings. The van der Waals surface area contributed by atoms with E-state index in [0.29, 0.717) is 24.5 Å². The molecule has 8 heteroatoms. The highest BCUT2D eigenvalue weighted by atomic mass is 16.6. The molecule has 0 radical (unpaired) electrons. The van der Waals surface area contributed by atoms with Crippen LogP contribution in [0.1, 0.15) is 53.0 Å². The Labute approximate surface area is 183 Å². The van der Waals surface area contributed by atoms with E-state index in [1.54, 1.807) is 32.9 Å². The topological polar surface area (TPSA) is 99.6 Å². The van der Waals surface area contributed by atoms with Gasteiger partial charge in [-0.3, -0.25) is 9.59 Å². The number of aryl methyl sites for hydroxylation is 1. The third-order valence-corrected chi connectivity index (χ3v) is 4.26. The number of rotatable bonds is 9. The number of benzene rings is 1. The molecule has 0 fully saturated rings. The maximum Gasteiger partial charge on any atom is 0.322 e. The maximum atomic E-state index is 12.5. The predicted molar refractivity (Wildman–Crippen MR) is 117 cm³/mol. The molecule has 2 aromatic rings. The van der Waals surface area contributed by atoms with E-state index in [1.807, 2.05) is 26.8 Å². The molecule has 31 heavy (non-hydrogen) atoms. The van der Waals surface area contributed by atoms with Crippen molar-refractivity contribution in [2.45, 2.75) is 60.0 Å². The standard InChI is InChI=1S/C23H31N3O5/c1-7-16(11-20(27)31-23(4,5)6)21(28)26-17-13-24-22(25-14-17)30-18-10-9-15(3)19(12-18)29-8-2/h9-10,12-14,16H,7-8,11H2,1-6H3,(H,26,28)/t16-/m0/s1. The van der Waals surface area contributed by atoms with Gasteiger partial charge in [-0.1, -0.05) is 13.0 Å². The van der Waals surface area contributed by atoms with Gasteiger partial charge in [0.1, 0.15) is 17.1 Å². The summed E-state index contributed by atoms with van der Waals surface area (Å²) in [4.78, 5) is 32.8. The van der Waals surface area contributed by atoms with Crippen molar-refractivity contribution in [3.8, 4) is 17.5 Å². The Kier molecular flexibility index (Phi) is 8.36. The van der Waals surface area contributed by atoms with Gasteiger partial charge in [0.05, 0.1) is 31.1 Å². The number of amides is 1. The molecule has 0 saturated heterocycles. The number of aromatic nitrogens is 2. The average molecular weight is 430 g/mol. The van der Waals surface area contributed by atoms with E-state index in [2.05, 4.69) is 15.3 Å². The molecule has 1 aromatic heterocycles. The molecule has 0 unspecified atom stereocenters. The van der Waals surface area contributed by atoms with Gasteiger partial charge in [-0.05, 0) is 52.7 Å². The number of hydrogen-bond donors (Lipinski definition) is 1. The summed E-state index contributed by atoms with van der Waals surface area (Å²) >= 11 is 0. The Morgan fingerprint density at radius 2 is 1.81 bits per heavy atom. The summed E-state index contributed by atoms with van der Waals surface area (Å²) in [5, 5.41) is 2.74. The molecule has 1 aromatic carbocycles. The van der Waals surface area contributed by atoms with Crippen molar-refractivity contribution in [3.05, 3.63) is 36.2 Å². The number of carbonyl (C=O) groups is 2. The van der Waals surface area contributed by atoms with Crippen LogP contribution in [0.4, 0.5) is 5.69 Å². The number of nitrogens with one attached hydrogen (secondary N) is 1. The number of nitrogens with zero attached hydrogens (tertiary/aromatic N) is 2. The van der Waals surface area contributed by atoms with E-state index in [9.17, 15) is 9.59 Å². The van der Waals surface area contributed by atoms with Crippen LogP contribution >= 0.6 is 0 Å². The second-order valence-corrected chi connectivity index (χ2v) is 8.10. The fourth-order valence-electron chi connectivity index (χ4n) is 2.74. The molecule has 168 valence electrons. The first kappa shape index (κ1) is 24.1. The fourth-order valence-corrected chi connectivity index (χ4v) is 2.74. The summed E-state index contributed by atoms with van der Waals surface area (Å²) < 4.78 is 16.5.